The minimum absolute atomic E-state index is 0.240. The van der Waals surface area contributed by atoms with E-state index in [0.29, 0.717) is 12.6 Å². The highest BCUT2D eigenvalue weighted by Crippen LogP contribution is 2.35. The molecule has 2 N–H and O–H groups in total. The fourth-order valence-corrected chi connectivity index (χ4v) is 4.85. The van der Waals surface area contributed by atoms with Crippen LogP contribution in [0.25, 0.3) is 0 Å². The number of aliphatic carboxylic acids is 2. The van der Waals surface area contributed by atoms with Gasteiger partial charge in [0.1, 0.15) is 0 Å². The predicted molar refractivity (Wildman–Crippen MR) is 127 cm³/mol. The van der Waals surface area contributed by atoms with Crippen molar-refractivity contribution in [2.45, 2.75) is 44.2 Å². The Morgan fingerprint density at radius 2 is 1.41 bits per heavy atom. The number of benzene rings is 2. The molecule has 0 unspecified atom stereocenters. The molecule has 0 bridgehead atoms. The van der Waals surface area contributed by atoms with Crippen molar-refractivity contribution in [3.8, 4) is 0 Å². The van der Waals surface area contributed by atoms with Gasteiger partial charge in [0.05, 0.1) is 4.92 Å². The van der Waals surface area contributed by atoms with Crippen LogP contribution in [0.5, 0.6) is 0 Å². The number of para-hydroxylation sites is 1. The van der Waals surface area contributed by atoms with E-state index < -0.39 is 11.9 Å². The van der Waals surface area contributed by atoms with E-state index in [4.69, 9.17) is 19.8 Å². The Morgan fingerprint density at radius 1 is 0.853 bits per heavy atom. The van der Waals surface area contributed by atoms with Crippen molar-refractivity contribution in [2.24, 2.45) is 0 Å². The Kier molecular flexibility index (Phi) is 9.12. The quantitative estimate of drug-likeness (QED) is 0.387. The van der Waals surface area contributed by atoms with Gasteiger partial charge in [-0.2, -0.15) is 0 Å². The molecule has 0 atom stereocenters. The van der Waals surface area contributed by atoms with Gasteiger partial charge in [0.15, 0.2) is 0 Å². The van der Waals surface area contributed by atoms with Crippen LogP contribution in [-0.4, -0.2) is 69.1 Å². The molecule has 0 radical (unpaired) electrons. The second-order valence-electron chi connectivity index (χ2n) is 8.72. The molecule has 1 aliphatic carbocycles. The predicted octanol–water partition coefficient (Wildman–Crippen LogP) is 3.59. The van der Waals surface area contributed by atoms with Gasteiger partial charge in [0, 0.05) is 50.4 Å². The molecule has 9 nitrogen and oxygen atoms in total. The number of piperazine rings is 1. The van der Waals surface area contributed by atoms with Crippen molar-refractivity contribution < 1.29 is 24.7 Å². The summed E-state index contributed by atoms with van der Waals surface area (Å²) in [5.74, 6) is -2.93. The maximum absolute atomic E-state index is 11.2. The van der Waals surface area contributed by atoms with Crippen LogP contribution in [0.4, 0.5) is 5.69 Å². The summed E-state index contributed by atoms with van der Waals surface area (Å²) < 4.78 is 0. The van der Waals surface area contributed by atoms with Crippen molar-refractivity contribution >= 4 is 17.6 Å². The van der Waals surface area contributed by atoms with Gasteiger partial charge < -0.3 is 10.2 Å². The molecule has 0 amide bonds. The topological polar surface area (TPSA) is 124 Å². The fourth-order valence-electron chi connectivity index (χ4n) is 4.85. The lowest BCUT2D eigenvalue weighted by Crippen LogP contribution is -2.50. The van der Waals surface area contributed by atoms with Crippen molar-refractivity contribution in [2.75, 3.05) is 26.2 Å². The molecule has 1 heterocycles. The summed E-state index contributed by atoms with van der Waals surface area (Å²) in [6.07, 6.45) is 5.13. The first-order chi connectivity index (χ1) is 16.3. The molecule has 0 aromatic heterocycles. The third kappa shape index (κ3) is 7.10. The first kappa shape index (κ1) is 25.3. The first-order valence-corrected chi connectivity index (χ1v) is 11.5. The number of carboxylic acid groups (broad SMARTS) is 2. The Morgan fingerprint density at radius 3 is 1.97 bits per heavy atom. The van der Waals surface area contributed by atoms with Gasteiger partial charge in [-0.05, 0) is 37.2 Å². The van der Waals surface area contributed by atoms with Gasteiger partial charge in [-0.25, -0.2) is 9.59 Å². The number of nitrogens with zero attached hydrogens (tertiary/aromatic N) is 3. The zero-order valence-corrected chi connectivity index (χ0v) is 19.1. The Hall–Kier alpha value is -3.30. The third-order valence-electron chi connectivity index (χ3n) is 6.66. The van der Waals surface area contributed by atoms with Crippen molar-refractivity contribution in [3.63, 3.8) is 0 Å². The van der Waals surface area contributed by atoms with Gasteiger partial charge in [-0.15, -0.1) is 0 Å². The van der Waals surface area contributed by atoms with E-state index in [9.17, 15) is 10.1 Å². The van der Waals surface area contributed by atoms with Crippen LogP contribution >= 0.6 is 0 Å². The molecular formula is C25H31N3O6. The molecule has 4 rings (SSSR count). The minimum atomic E-state index is -1.82. The summed E-state index contributed by atoms with van der Waals surface area (Å²) >= 11 is 0. The van der Waals surface area contributed by atoms with Gasteiger partial charge >= 0.3 is 11.9 Å². The Labute approximate surface area is 198 Å². The molecule has 2 aromatic rings. The second-order valence-corrected chi connectivity index (χ2v) is 8.72. The van der Waals surface area contributed by atoms with Gasteiger partial charge in [0.2, 0.25) is 0 Å². The first-order valence-electron chi connectivity index (χ1n) is 11.5. The molecule has 182 valence electrons. The number of nitro groups is 1. The highest BCUT2D eigenvalue weighted by atomic mass is 16.6. The van der Waals surface area contributed by atoms with E-state index in [-0.39, 0.29) is 10.6 Å². The van der Waals surface area contributed by atoms with E-state index >= 15 is 0 Å². The molecule has 2 fully saturated rings. The zero-order valence-electron chi connectivity index (χ0n) is 19.1. The number of hydrogen-bond donors (Lipinski definition) is 2. The number of carboxylic acids is 2. The molecule has 2 aromatic carbocycles. The van der Waals surface area contributed by atoms with Gasteiger partial charge in [-0.3, -0.25) is 19.9 Å². The van der Waals surface area contributed by atoms with E-state index in [1.54, 1.807) is 12.1 Å². The summed E-state index contributed by atoms with van der Waals surface area (Å²) in [5, 5.41) is 26.0. The molecule has 1 aliphatic heterocycles. The smallest absolute Gasteiger partial charge is 0.414 e. The lowest BCUT2D eigenvalue weighted by Gasteiger charge is -2.42. The van der Waals surface area contributed by atoms with Crippen molar-refractivity contribution in [3.05, 3.63) is 75.8 Å². The van der Waals surface area contributed by atoms with Crippen LogP contribution in [0.1, 0.15) is 42.7 Å². The Balaban J connectivity index is 0.000000481. The molecule has 1 saturated heterocycles. The number of nitro benzene ring substituents is 1. The molecule has 0 spiro atoms. The summed E-state index contributed by atoms with van der Waals surface area (Å²) in [6, 6.07) is 18.8. The average Bonchev–Trinajstić information content (AvgIpc) is 2.86. The fraction of sp³-hybridized carbons (Fsp3) is 0.440. The van der Waals surface area contributed by atoms with Gasteiger partial charge in [0.25, 0.3) is 5.69 Å². The van der Waals surface area contributed by atoms with Crippen LogP contribution in [0.2, 0.25) is 0 Å². The largest absolute Gasteiger partial charge is 0.473 e. The summed E-state index contributed by atoms with van der Waals surface area (Å²) in [7, 11) is 0. The molecule has 2 aliphatic rings. The van der Waals surface area contributed by atoms with Crippen LogP contribution < -0.4 is 0 Å². The maximum Gasteiger partial charge on any atom is 0.414 e. The minimum Gasteiger partial charge on any atom is -0.473 e. The number of hydrogen-bond acceptors (Lipinski definition) is 6. The average molecular weight is 470 g/mol. The SMILES string of the molecule is O=C(O)C(=O)O.O=[N+]([O-])c1ccccc1CN1CCN(C2CCC(c3ccccc3)CC2)CC1. The third-order valence-corrected chi connectivity index (χ3v) is 6.66. The monoisotopic (exact) mass is 469 g/mol. The molecule has 9 heteroatoms. The van der Waals surface area contributed by atoms with Crippen LogP contribution in [0.15, 0.2) is 54.6 Å². The highest BCUT2D eigenvalue weighted by Gasteiger charge is 2.29. The molecular weight excluding hydrogens is 438 g/mol. The number of carbonyl (C=O) groups is 2. The van der Waals surface area contributed by atoms with Crippen LogP contribution in [-0.2, 0) is 16.1 Å². The van der Waals surface area contributed by atoms with Crippen LogP contribution in [0.3, 0.4) is 0 Å². The van der Waals surface area contributed by atoms with Crippen LogP contribution in [0, 0.1) is 10.1 Å². The van der Waals surface area contributed by atoms with Crippen molar-refractivity contribution in [1.29, 1.82) is 0 Å². The second kappa shape index (κ2) is 12.2. The normalized spacial score (nSPS) is 21.2. The Bertz CT molecular complexity index is 956. The van der Waals surface area contributed by atoms with E-state index in [1.165, 1.54) is 31.2 Å². The van der Waals surface area contributed by atoms with E-state index in [1.807, 2.05) is 12.1 Å². The number of rotatable bonds is 5. The van der Waals surface area contributed by atoms with E-state index in [2.05, 4.69) is 40.1 Å². The summed E-state index contributed by atoms with van der Waals surface area (Å²) in [4.78, 5) is 34.2. The maximum atomic E-state index is 11.2. The zero-order chi connectivity index (χ0) is 24.5. The van der Waals surface area contributed by atoms with Crippen molar-refractivity contribution in [1.82, 2.24) is 9.80 Å². The summed E-state index contributed by atoms with van der Waals surface area (Å²) in [6.45, 7) is 4.80. The lowest BCUT2D eigenvalue weighted by atomic mass is 9.81. The molecule has 1 saturated carbocycles. The lowest BCUT2D eigenvalue weighted by molar-refractivity contribution is -0.385. The van der Waals surface area contributed by atoms with E-state index in [0.717, 1.165) is 37.7 Å². The van der Waals surface area contributed by atoms with Gasteiger partial charge in [-0.1, -0.05) is 48.5 Å². The summed E-state index contributed by atoms with van der Waals surface area (Å²) in [5.41, 5.74) is 2.56. The highest BCUT2D eigenvalue weighted by molar-refractivity contribution is 6.27. The molecule has 34 heavy (non-hydrogen) atoms. The standard InChI is InChI=1S/C23H29N3O2.C2H2O4/c27-26(28)23-9-5-4-8-21(23)18-24-14-16-25(17-15-24)22-12-10-20(11-13-22)19-6-2-1-3-7-19;3-1(4)2(5)6/h1-9,20,22H,10-18H2;(H,3,4)(H,5,6).